The topological polar surface area (TPSA) is 80.5 Å². The number of nitrogens with zero attached hydrogens (tertiary/aromatic N) is 1. The quantitative estimate of drug-likeness (QED) is 0.303. The van der Waals surface area contributed by atoms with Crippen molar-refractivity contribution in [3.8, 4) is 0 Å². The molecule has 126 valence electrons. The van der Waals surface area contributed by atoms with Crippen molar-refractivity contribution in [3.05, 3.63) is 11.6 Å². The van der Waals surface area contributed by atoms with Gasteiger partial charge in [0.05, 0.1) is 0 Å². The highest BCUT2D eigenvalue weighted by molar-refractivity contribution is 5.91. The van der Waals surface area contributed by atoms with E-state index in [1.165, 1.54) is 0 Å². The van der Waals surface area contributed by atoms with Crippen molar-refractivity contribution in [2.45, 2.75) is 51.9 Å². The zero-order chi connectivity index (χ0) is 16.8. The predicted molar refractivity (Wildman–Crippen MR) is 88.4 cm³/mol. The third-order valence-electron chi connectivity index (χ3n) is 3.74. The van der Waals surface area contributed by atoms with Gasteiger partial charge in [-0.3, -0.25) is 4.79 Å². The summed E-state index contributed by atoms with van der Waals surface area (Å²) < 4.78 is 0. The highest BCUT2D eigenvalue weighted by atomic mass is 16.1. The van der Waals surface area contributed by atoms with E-state index >= 15 is 0 Å². The Hall–Kier alpha value is -1.49. The van der Waals surface area contributed by atoms with Gasteiger partial charge in [0.2, 0.25) is 5.91 Å². The first-order valence-electron chi connectivity index (χ1n) is 8.05. The molecule has 1 unspecified atom stereocenters. The number of rotatable bonds is 14. The normalized spacial score (nSPS) is 13.1. The lowest BCUT2D eigenvalue weighted by molar-refractivity contribution is -0.114. The Balaban J connectivity index is 3.86. The molecule has 0 aromatic carbocycles. The van der Waals surface area contributed by atoms with E-state index in [1.807, 2.05) is 13.1 Å². The molecule has 5 heteroatoms. The van der Waals surface area contributed by atoms with Gasteiger partial charge in [-0.25, -0.2) is 0 Å². The summed E-state index contributed by atoms with van der Waals surface area (Å²) in [7, 11) is 1.98. The van der Waals surface area contributed by atoms with Crippen molar-refractivity contribution in [2.24, 2.45) is 11.7 Å². The molecule has 0 fully saturated rings. The van der Waals surface area contributed by atoms with Gasteiger partial charge in [-0.15, -0.1) is 0 Å². The molecule has 0 saturated heterocycles. The number of amides is 1. The van der Waals surface area contributed by atoms with Gasteiger partial charge < -0.3 is 20.2 Å². The van der Waals surface area contributed by atoms with Crippen LogP contribution in [0.4, 0.5) is 0 Å². The van der Waals surface area contributed by atoms with Crippen molar-refractivity contribution in [1.82, 2.24) is 4.90 Å². The van der Waals surface area contributed by atoms with Gasteiger partial charge in [-0.1, -0.05) is 25.3 Å². The summed E-state index contributed by atoms with van der Waals surface area (Å²) in [6.07, 6.45) is 10.2. The number of carbonyl (C=O) groups is 3. The first-order chi connectivity index (χ1) is 10.5. The molecule has 1 amide bonds. The molecular formula is C17H30N2O3. The molecule has 0 bridgehead atoms. The molecule has 0 rings (SSSR count). The Morgan fingerprint density at radius 3 is 2.41 bits per heavy atom. The van der Waals surface area contributed by atoms with Gasteiger partial charge >= 0.3 is 0 Å². The molecule has 2 N–H and O–H groups in total. The van der Waals surface area contributed by atoms with E-state index in [1.54, 1.807) is 6.92 Å². The van der Waals surface area contributed by atoms with Gasteiger partial charge in [0.25, 0.3) is 0 Å². The number of aldehydes is 2. The molecule has 1 atom stereocenters. The average Bonchev–Trinajstić information content (AvgIpc) is 2.49. The summed E-state index contributed by atoms with van der Waals surface area (Å²) in [6.45, 7) is 3.25. The fraction of sp³-hybridized carbons (Fsp3) is 0.706. The number of hydrogen-bond donors (Lipinski definition) is 1. The number of primary amides is 1. The van der Waals surface area contributed by atoms with Crippen LogP contribution in [0.3, 0.4) is 0 Å². The molecular weight excluding hydrogens is 280 g/mol. The zero-order valence-electron chi connectivity index (χ0n) is 13.9. The number of unbranched alkanes of at least 4 members (excludes halogenated alkanes) is 4. The minimum atomic E-state index is -0.386. The Morgan fingerprint density at radius 2 is 1.82 bits per heavy atom. The molecule has 5 nitrogen and oxygen atoms in total. The van der Waals surface area contributed by atoms with Gasteiger partial charge in [0.15, 0.2) is 0 Å². The Labute approximate surface area is 133 Å². The van der Waals surface area contributed by atoms with Crippen LogP contribution in [0.15, 0.2) is 11.6 Å². The maximum atomic E-state index is 11.1. The summed E-state index contributed by atoms with van der Waals surface area (Å²) >= 11 is 0. The smallest absolute Gasteiger partial charge is 0.244 e. The van der Waals surface area contributed by atoms with Crippen molar-refractivity contribution >= 4 is 18.5 Å². The second kappa shape index (κ2) is 13.2. The summed E-state index contributed by atoms with van der Waals surface area (Å²) in [5.41, 5.74) is 5.75. The largest absolute Gasteiger partial charge is 0.366 e. The molecule has 0 aromatic heterocycles. The third-order valence-corrected chi connectivity index (χ3v) is 3.74. The van der Waals surface area contributed by atoms with Crippen LogP contribution >= 0.6 is 0 Å². The zero-order valence-corrected chi connectivity index (χ0v) is 13.9. The molecule has 0 saturated carbocycles. The van der Waals surface area contributed by atoms with Crippen LogP contribution in [0.2, 0.25) is 0 Å². The number of carbonyl (C=O) groups excluding carboxylic acids is 3. The maximum Gasteiger partial charge on any atom is 0.244 e. The second-order valence-corrected chi connectivity index (χ2v) is 5.86. The van der Waals surface area contributed by atoms with Crippen LogP contribution in [0.25, 0.3) is 0 Å². The van der Waals surface area contributed by atoms with Crippen LogP contribution in [-0.4, -0.2) is 43.5 Å². The fourth-order valence-corrected chi connectivity index (χ4v) is 2.28. The first kappa shape index (κ1) is 20.5. The molecule has 0 aliphatic carbocycles. The molecule has 0 spiro atoms. The SMILES string of the molecule is CC(=CCCN(C)CC(C=O)CCCCCCC=O)C(N)=O. The van der Waals surface area contributed by atoms with Crippen LogP contribution in [0.5, 0.6) is 0 Å². The summed E-state index contributed by atoms with van der Waals surface area (Å²) in [4.78, 5) is 34.3. The van der Waals surface area contributed by atoms with Gasteiger partial charge in [0.1, 0.15) is 12.6 Å². The molecule has 0 aliphatic heterocycles. The lowest BCUT2D eigenvalue weighted by Gasteiger charge is -2.20. The minimum absolute atomic E-state index is 0.0530. The molecule has 22 heavy (non-hydrogen) atoms. The Morgan fingerprint density at radius 1 is 1.14 bits per heavy atom. The van der Waals surface area contributed by atoms with Crippen LogP contribution < -0.4 is 5.73 Å². The van der Waals surface area contributed by atoms with Crippen LogP contribution in [0, 0.1) is 5.92 Å². The minimum Gasteiger partial charge on any atom is -0.366 e. The van der Waals surface area contributed by atoms with E-state index in [0.717, 1.165) is 64.2 Å². The summed E-state index contributed by atoms with van der Waals surface area (Å²) in [5, 5.41) is 0. The number of hydrogen-bond acceptors (Lipinski definition) is 4. The molecule has 0 radical (unpaired) electrons. The monoisotopic (exact) mass is 310 g/mol. The highest BCUT2D eigenvalue weighted by Crippen LogP contribution is 2.11. The van der Waals surface area contributed by atoms with Gasteiger partial charge in [0, 0.05) is 31.0 Å². The second-order valence-electron chi connectivity index (χ2n) is 5.86. The van der Waals surface area contributed by atoms with Crippen LogP contribution in [-0.2, 0) is 14.4 Å². The van der Waals surface area contributed by atoms with Crippen molar-refractivity contribution in [3.63, 3.8) is 0 Å². The van der Waals surface area contributed by atoms with Gasteiger partial charge in [-0.05, 0) is 33.2 Å². The molecule has 0 aliphatic rings. The van der Waals surface area contributed by atoms with E-state index in [0.29, 0.717) is 12.0 Å². The van der Waals surface area contributed by atoms with Crippen molar-refractivity contribution in [1.29, 1.82) is 0 Å². The summed E-state index contributed by atoms with van der Waals surface area (Å²) in [6, 6.07) is 0. The summed E-state index contributed by atoms with van der Waals surface area (Å²) in [5.74, 6) is -0.333. The van der Waals surface area contributed by atoms with Crippen LogP contribution in [0.1, 0.15) is 51.9 Å². The first-order valence-corrected chi connectivity index (χ1v) is 8.05. The van der Waals surface area contributed by atoms with E-state index in [2.05, 4.69) is 4.90 Å². The molecule has 0 aromatic rings. The molecule has 0 heterocycles. The fourth-order valence-electron chi connectivity index (χ4n) is 2.28. The average molecular weight is 310 g/mol. The third kappa shape index (κ3) is 11.2. The Bertz CT molecular complexity index is 367. The van der Waals surface area contributed by atoms with E-state index < -0.39 is 0 Å². The van der Waals surface area contributed by atoms with E-state index in [-0.39, 0.29) is 11.8 Å². The standard InChI is InChI=1S/C17H30N2O3/c1-15(17(18)22)9-8-11-19(2)13-16(14-21)10-6-4-3-5-7-12-20/h9,12,14,16H,3-8,10-11,13H2,1-2H3,(H2,18,22). The van der Waals surface area contributed by atoms with E-state index in [4.69, 9.17) is 5.73 Å². The highest BCUT2D eigenvalue weighted by Gasteiger charge is 2.10. The van der Waals surface area contributed by atoms with Crippen molar-refractivity contribution < 1.29 is 14.4 Å². The van der Waals surface area contributed by atoms with Crippen molar-refractivity contribution in [2.75, 3.05) is 20.1 Å². The number of nitrogens with two attached hydrogens (primary N) is 1. The lowest BCUT2D eigenvalue weighted by atomic mass is 10.0. The van der Waals surface area contributed by atoms with Gasteiger partial charge in [-0.2, -0.15) is 0 Å². The maximum absolute atomic E-state index is 11.1. The lowest BCUT2D eigenvalue weighted by Crippen LogP contribution is -2.27. The Kier molecular flexibility index (Phi) is 12.3. The van der Waals surface area contributed by atoms with E-state index in [9.17, 15) is 14.4 Å². The predicted octanol–water partition coefficient (Wildman–Crippen LogP) is 2.09.